The summed E-state index contributed by atoms with van der Waals surface area (Å²) < 4.78 is 17.5. The molecule has 0 aliphatic carbocycles. The number of nitrogen functional groups attached to an aromatic ring is 1. The van der Waals surface area contributed by atoms with E-state index in [1.165, 1.54) is 16.2 Å². The number of benzene rings is 3. The van der Waals surface area contributed by atoms with Crippen LogP contribution in [0, 0.1) is 17.8 Å². The van der Waals surface area contributed by atoms with Gasteiger partial charge in [0, 0.05) is 73.8 Å². The number of nitrogens with one attached hydrogen (secondary N) is 1. The molecule has 3 fully saturated rings. The second-order valence-corrected chi connectivity index (χ2v) is 20.8. The number of carbonyl (C=O) groups is 3. The van der Waals surface area contributed by atoms with Gasteiger partial charge in [-0.15, -0.1) is 28.1 Å². The molecule has 2 unspecified atom stereocenters. The van der Waals surface area contributed by atoms with Crippen molar-refractivity contribution in [3.8, 4) is 45.2 Å². The zero-order chi connectivity index (χ0) is 53.6. The van der Waals surface area contributed by atoms with Gasteiger partial charge < -0.3 is 55.1 Å². The smallest absolute Gasteiger partial charge is 0.255 e. The van der Waals surface area contributed by atoms with Crippen molar-refractivity contribution in [3.05, 3.63) is 138 Å². The van der Waals surface area contributed by atoms with Gasteiger partial charge in [-0.3, -0.25) is 14.4 Å². The van der Waals surface area contributed by atoms with E-state index in [-0.39, 0.29) is 55.1 Å². The van der Waals surface area contributed by atoms with Crippen LogP contribution in [-0.4, -0.2) is 141 Å². The summed E-state index contributed by atoms with van der Waals surface area (Å²) in [5.41, 5.74) is 14.9. The largest absolute Gasteiger partial charge is 0.507 e. The highest BCUT2D eigenvalue weighted by Crippen LogP contribution is 2.40. The molecule has 18 nitrogen and oxygen atoms in total. The second kappa shape index (κ2) is 23.6. The summed E-state index contributed by atoms with van der Waals surface area (Å²) in [4.78, 5) is 59.2. The van der Waals surface area contributed by atoms with Gasteiger partial charge in [-0.05, 0) is 71.7 Å². The van der Waals surface area contributed by atoms with Gasteiger partial charge in [0.1, 0.15) is 36.7 Å². The molecular formula is C58H62N10O8S. The Morgan fingerprint density at radius 1 is 0.922 bits per heavy atom. The lowest BCUT2D eigenvalue weighted by Gasteiger charge is -2.43. The molecule has 4 aliphatic rings. The molecular weight excluding hydrogens is 997 g/mol. The van der Waals surface area contributed by atoms with Gasteiger partial charge in [-0.2, -0.15) is 0 Å². The number of aromatic nitrogens is 4. The Kier molecular flexibility index (Phi) is 16.1. The Balaban J connectivity index is 0.653. The fourth-order valence-electron chi connectivity index (χ4n) is 11.0. The number of β-amino-alcohol motifs (C(OH)–C–C–N with tert-alkyl or cyclic N) is 1. The van der Waals surface area contributed by atoms with Crippen molar-refractivity contribution in [2.45, 2.75) is 76.0 Å². The summed E-state index contributed by atoms with van der Waals surface area (Å²) in [5.74, 6) is 6.01. The number of likely N-dealkylation sites (tertiary alicyclic amines) is 1. The predicted molar refractivity (Wildman–Crippen MR) is 293 cm³/mol. The zero-order valence-electron chi connectivity index (χ0n) is 43.0. The van der Waals surface area contributed by atoms with Gasteiger partial charge in [-0.25, -0.2) is 9.97 Å². The topological polar surface area (TPSA) is 222 Å². The summed E-state index contributed by atoms with van der Waals surface area (Å²) in [6.07, 6.45) is 4.68. The number of phenols is 1. The number of aliphatic hydroxyl groups excluding tert-OH is 1. The molecule has 19 heteroatoms. The van der Waals surface area contributed by atoms with E-state index >= 15 is 0 Å². The number of pyridine rings is 1. The molecule has 10 rings (SSSR count). The molecule has 0 spiro atoms. The number of ether oxygens (including phenoxy) is 3. The molecule has 77 heavy (non-hydrogen) atoms. The van der Waals surface area contributed by atoms with E-state index in [1.54, 1.807) is 46.9 Å². The van der Waals surface area contributed by atoms with E-state index in [0.29, 0.717) is 67.2 Å². The predicted octanol–water partition coefficient (Wildman–Crippen LogP) is 6.26. The molecule has 7 heterocycles. The lowest BCUT2D eigenvalue weighted by atomic mass is 10.00. The van der Waals surface area contributed by atoms with E-state index in [4.69, 9.17) is 19.9 Å². The van der Waals surface area contributed by atoms with Crippen LogP contribution in [0.2, 0.25) is 0 Å². The number of phenolic OH excluding ortho intramolecular Hbond substituents is 1. The Bertz CT molecular complexity index is 3170. The second-order valence-electron chi connectivity index (χ2n) is 19.9. The van der Waals surface area contributed by atoms with Crippen LogP contribution in [-0.2, 0) is 25.6 Å². The third kappa shape index (κ3) is 11.5. The van der Waals surface area contributed by atoms with Gasteiger partial charge in [0.05, 0.1) is 53.7 Å². The number of nitrogens with two attached hydrogens (primary N) is 1. The normalized spacial score (nSPS) is 19.5. The number of hydrogen-bond acceptors (Lipinski definition) is 16. The van der Waals surface area contributed by atoms with Crippen LogP contribution in [0.5, 0.6) is 11.6 Å². The summed E-state index contributed by atoms with van der Waals surface area (Å²) in [6, 6.07) is 26.2. The molecule has 0 saturated carbocycles. The minimum atomic E-state index is -0.923. The van der Waals surface area contributed by atoms with Gasteiger partial charge >= 0.3 is 0 Å². The van der Waals surface area contributed by atoms with E-state index in [9.17, 15) is 24.6 Å². The van der Waals surface area contributed by atoms with Crippen molar-refractivity contribution in [1.82, 2.24) is 35.3 Å². The number of hydrogen-bond donors (Lipinski definition) is 4. The van der Waals surface area contributed by atoms with Gasteiger partial charge in [0.25, 0.3) is 5.91 Å². The first-order chi connectivity index (χ1) is 37.4. The highest BCUT2D eigenvalue weighted by molar-refractivity contribution is 7.13. The minimum Gasteiger partial charge on any atom is -0.507 e. The average molecular weight is 1060 g/mol. The van der Waals surface area contributed by atoms with Gasteiger partial charge in [-0.1, -0.05) is 80.4 Å². The van der Waals surface area contributed by atoms with Crippen LogP contribution in [0.4, 0.5) is 17.2 Å². The summed E-state index contributed by atoms with van der Waals surface area (Å²) >= 11 is 1.47. The lowest BCUT2D eigenvalue weighted by Crippen LogP contribution is -2.55. The number of anilines is 3. The monoisotopic (exact) mass is 1060 g/mol. The molecule has 6 atom stereocenters. The third-order valence-corrected chi connectivity index (χ3v) is 15.5. The molecule has 3 saturated heterocycles. The quantitative estimate of drug-likeness (QED) is 0.0400. The van der Waals surface area contributed by atoms with E-state index in [0.717, 1.165) is 58.9 Å². The van der Waals surface area contributed by atoms with Crippen molar-refractivity contribution in [2.24, 2.45) is 5.92 Å². The van der Waals surface area contributed by atoms with Crippen LogP contribution in [0.15, 0.2) is 115 Å². The van der Waals surface area contributed by atoms with E-state index < -0.39 is 30.1 Å². The van der Waals surface area contributed by atoms with E-state index in [1.807, 2.05) is 80.6 Å². The fraction of sp³-hybridized carbons (Fsp3) is 0.362. The highest BCUT2D eigenvalue weighted by atomic mass is 32.1. The first-order valence-electron chi connectivity index (χ1n) is 26.0. The zero-order valence-corrected chi connectivity index (χ0v) is 43.8. The lowest BCUT2D eigenvalue weighted by molar-refractivity contribution is -0.143. The number of amides is 3. The fourth-order valence-corrected chi connectivity index (χ4v) is 11.7. The number of rotatable bonds is 19. The summed E-state index contributed by atoms with van der Waals surface area (Å²) in [5, 5.41) is 32.7. The molecule has 2 bridgehead atoms. The van der Waals surface area contributed by atoms with Crippen LogP contribution in [0.25, 0.3) is 21.7 Å². The van der Waals surface area contributed by atoms with Crippen LogP contribution in [0.3, 0.4) is 0 Å². The molecule has 3 aromatic carbocycles. The van der Waals surface area contributed by atoms with Crippen LogP contribution < -0.4 is 25.6 Å². The highest BCUT2D eigenvalue weighted by Gasteiger charge is 2.46. The van der Waals surface area contributed by atoms with Crippen molar-refractivity contribution in [3.63, 3.8) is 0 Å². The standard InChI is InChI=1S/C58H62N10O8S/c1-4-46(62-56(71)50-29-43(69)34-66(50)58(73)53(36(2)3)67-31-39-10-5-6-11-44(39)57(67)72)37-15-17-38(18-16-37)54-47(61-35-77-54)13-9-23-74-24-25-75-26-27-76-52-28-40(21-22-60-52)68-41-19-20-42(68)33-65(32-41)49-30-48(63-64-55(49)59)45-12-7-8-14-51(45)70/h4-8,10-12,14-18,21-22,28,30,35-36,41-43,46,50,53,69-70H,1,19-20,23-27,29,31-34H2,2-3H3,(H2,59,64)(H,62,71)/t41?,42?,43-,46+,50+,53+/m1/s1. The van der Waals surface area contributed by atoms with Gasteiger partial charge in [0.2, 0.25) is 17.7 Å². The number of carbonyl (C=O) groups excluding carboxylic acids is 3. The molecule has 3 amide bonds. The number of fused-ring (bicyclic) bond motifs is 3. The molecule has 398 valence electrons. The number of aromatic hydroxyl groups is 1. The maximum Gasteiger partial charge on any atom is 0.255 e. The Morgan fingerprint density at radius 3 is 2.42 bits per heavy atom. The average Bonchev–Trinajstić information content (AvgIpc) is 4.27. The molecule has 0 radical (unpaired) electrons. The third-order valence-electron chi connectivity index (χ3n) is 14.6. The maximum atomic E-state index is 14.2. The number of para-hydroxylation sites is 1. The van der Waals surface area contributed by atoms with Crippen molar-refractivity contribution in [2.75, 3.05) is 68.2 Å². The molecule has 3 aromatic heterocycles. The maximum absolute atomic E-state index is 14.2. The first kappa shape index (κ1) is 52.5. The van der Waals surface area contributed by atoms with Crippen molar-refractivity contribution in [1.29, 1.82) is 0 Å². The molecule has 6 aromatic rings. The first-order valence-corrected chi connectivity index (χ1v) is 26.9. The van der Waals surface area contributed by atoms with E-state index in [2.05, 4.69) is 53.7 Å². The SMILES string of the molecule is C=C[C@H](NC(=O)[C@@H]1C[C@@H](O)CN1C(=O)[C@H](C(C)C)N1Cc2ccccc2C1=O)c1ccc(-c2scnc2C#CCOCCOCCOc2cc(N3C4CCC3CN(c3cc(-c5ccccc5O)nnc3N)C4)ccn2)cc1. The Morgan fingerprint density at radius 2 is 1.66 bits per heavy atom. The minimum absolute atomic E-state index is 0.00548. The molecule has 5 N–H and O–H groups in total. The Hall–Kier alpha value is -7.89. The number of thiazole rings is 1. The number of aliphatic hydroxyl groups is 1. The summed E-state index contributed by atoms with van der Waals surface area (Å²) in [7, 11) is 0. The van der Waals surface area contributed by atoms with Gasteiger partial charge in [0.15, 0.2) is 5.82 Å². The van der Waals surface area contributed by atoms with Crippen LogP contribution in [0.1, 0.15) is 66.3 Å². The summed E-state index contributed by atoms with van der Waals surface area (Å²) in [6.45, 7) is 11.2. The number of piperazine rings is 1. The van der Waals surface area contributed by atoms with Crippen molar-refractivity contribution < 1.29 is 38.8 Å². The Labute approximate surface area is 451 Å². The van der Waals surface area contributed by atoms with Crippen LogP contribution >= 0.6 is 11.3 Å². The molecule has 4 aliphatic heterocycles. The van der Waals surface area contributed by atoms with Crippen molar-refractivity contribution >= 4 is 46.3 Å². The number of nitrogens with zero attached hydrogens (tertiary/aromatic N) is 8.